The number of hydrogen-bond acceptors (Lipinski definition) is 0. The Morgan fingerprint density at radius 2 is 1.00 bits per heavy atom. The van der Waals surface area contributed by atoms with Crippen LogP contribution < -0.4 is 0 Å². The first-order valence-electron chi connectivity index (χ1n) is 0.507. The van der Waals surface area contributed by atoms with Gasteiger partial charge < -0.3 is 0 Å². The molecule has 0 spiro atoms. The summed E-state index contributed by atoms with van der Waals surface area (Å²) in [6.07, 6.45) is 0. The van der Waals surface area contributed by atoms with Crippen molar-refractivity contribution in [3.8, 4) is 0 Å². The number of rotatable bonds is 0. The van der Waals surface area contributed by atoms with Gasteiger partial charge in [-0.25, -0.2) is 0 Å². The molecular weight excluding hydrogens is 545 g/mol. The van der Waals surface area contributed by atoms with Crippen LogP contribution in [0.25, 0.3) is 0 Å². The normalized spacial score (nSPS) is 7.20. The van der Waals surface area contributed by atoms with Crippen LogP contribution in [0.3, 0.4) is 0 Å². The second kappa shape index (κ2) is 8.67. The second-order valence-electron chi connectivity index (χ2n) is 0.192. The molecule has 0 aliphatic heterocycles. The fraction of sp³-hybridized carbons (Fsp3) is 0. The molecule has 0 radical (unpaired) electrons. The van der Waals surface area contributed by atoms with E-state index in [1.165, 1.54) is 0 Å². The van der Waals surface area contributed by atoms with Crippen LogP contribution in [0, 0.1) is 0 Å². The van der Waals surface area contributed by atoms with Crippen LogP contribution >= 0.6 is 67.0 Å². The summed E-state index contributed by atoms with van der Waals surface area (Å²) >= 11 is 7.14. The van der Waals surface area contributed by atoms with Crippen molar-refractivity contribution >= 4 is 136 Å². The maximum atomic E-state index is 2.38. The summed E-state index contributed by atoms with van der Waals surface area (Å²) in [5, 5.41) is 0. The van der Waals surface area contributed by atoms with Gasteiger partial charge in [-0.15, -0.1) is 0 Å². The van der Waals surface area contributed by atoms with Gasteiger partial charge in [0.1, 0.15) is 0 Å². The van der Waals surface area contributed by atoms with Gasteiger partial charge in [-0.1, -0.05) is 0 Å². The Hall–Kier alpha value is 4.67. The van der Waals surface area contributed by atoms with E-state index in [0.29, 0.717) is 0 Å². The summed E-state index contributed by atoms with van der Waals surface area (Å²) in [5.41, 5.74) is 0. The molecule has 0 aromatic carbocycles. The molecule has 0 saturated carbocycles. The van der Waals surface area contributed by atoms with Gasteiger partial charge in [-0.05, 0) is 66.1 Å². The van der Waals surface area contributed by atoms with Crippen LogP contribution in [0.2, 0.25) is 0 Å². The standard InChI is InChI=1S/Cs.I3P.H/c;1-4(2)3;. The van der Waals surface area contributed by atoms with E-state index < -0.39 is 0 Å². The summed E-state index contributed by atoms with van der Waals surface area (Å²) in [6, 6.07) is 0. The molecule has 0 bridgehead atoms. The molecule has 0 aliphatic rings. The number of halogens is 3. The molecular formula is HCsI3P. The molecule has 0 aromatic heterocycles. The zero-order valence-electron chi connectivity index (χ0n) is 1.58. The van der Waals surface area contributed by atoms with Gasteiger partial charge in [0.15, 0.2) is 0 Å². The second-order valence-corrected chi connectivity index (χ2v) is 25.9. The quantitative estimate of drug-likeness (QED) is 0.325. The fourth-order valence-electron chi connectivity index (χ4n) is 0. The van der Waals surface area contributed by atoms with Crippen molar-refractivity contribution in [2.75, 3.05) is 0 Å². The predicted molar refractivity (Wildman–Crippen MR) is 56.1 cm³/mol. The minimum atomic E-state index is 0. The fourth-order valence-corrected chi connectivity index (χ4v) is 0. The topological polar surface area (TPSA) is 0 Å². The zero-order valence-corrected chi connectivity index (χ0v) is 8.95. The molecule has 0 nitrogen and oxygen atoms in total. The van der Waals surface area contributed by atoms with E-state index in [0.717, 1.165) is 0 Å². The molecule has 0 unspecified atom stereocenters. The van der Waals surface area contributed by atoms with Crippen molar-refractivity contribution in [2.45, 2.75) is 0 Å². The monoisotopic (exact) mass is 546 g/mol. The van der Waals surface area contributed by atoms with Gasteiger partial charge >= 0.3 is 68.9 Å². The van der Waals surface area contributed by atoms with Gasteiger partial charge in [-0.2, -0.15) is 0 Å². The van der Waals surface area contributed by atoms with Gasteiger partial charge in [0.2, 0.25) is 0 Å². The summed E-state index contributed by atoms with van der Waals surface area (Å²) in [4.78, 5) is 0. The van der Waals surface area contributed by atoms with E-state index in [9.17, 15) is 0 Å². The predicted octanol–water partition coefficient (Wildman–Crippen LogP) is 2.87. The van der Waals surface area contributed by atoms with Crippen molar-refractivity contribution in [1.29, 1.82) is 0 Å². The first-order chi connectivity index (χ1) is 1.73. The molecule has 0 amide bonds. The molecule has 5 heteroatoms. The third-order valence-electron chi connectivity index (χ3n) is 0. The minimum absolute atomic E-state index is 0. The van der Waals surface area contributed by atoms with Crippen molar-refractivity contribution in [2.24, 2.45) is 0 Å². The Morgan fingerprint density at radius 3 is 1.00 bits per heavy atom. The molecule has 0 rings (SSSR count). The molecule has 0 N–H and O–H groups in total. The molecule has 28 valence electrons. The molecule has 0 heterocycles. The van der Waals surface area contributed by atoms with E-state index in [1.54, 1.807) is 0 Å². The number of hydrogen-bond donors (Lipinski definition) is 0. The zero-order chi connectivity index (χ0) is 3.58. The van der Waals surface area contributed by atoms with Gasteiger partial charge in [0.25, 0.3) is 0 Å². The van der Waals surface area contributed by atoms with Crippen LogP contribution in [0.5, 0.6) is 0 Å². The van der Waals surface area contributed by atoms with E-state index in [1.807, 2.05) is 0 Å². The summed E-state index contributed by atoms with van der Waals surface area (Å²) in [7, 11) is 0. The van der Waals surface area contributed by atoms with E-state index in [-0.39, 0.29) is 69.7 Å². The Kier molecular flexibility index (Phi) is 21.4. The van der Waals surface area contributed by atoms with Crippen molar-refractivity contribution in [3.63, 3.8) is 0 Å². The van der Waals surface area contributed by atoms with Crippen molar-refractivity contribution < 1.29 is 0 Å². The van der Waals surface area contributed by atoms with Crippen LogP contribution in [0.4, 0.5) is 0 Å². The van der Waals surface area contributed by atoms with E-state index in [2.05, 4.69) is 66.1 Å². The summed E-state index contributed by atoms with van der Waals surface area (Å²) in [5.74, 6) is 0. The third-order valence-corrected chi connectivity index (χ3v) is 0. The Bertz CT molecular complexity index is 11.6. The first-order valence-corrected chi connectivity index (χ1v) is 10.2. The van der Waals surface area contributed by atoms with Crippen LogP contribution in [0.15, 0.2) is 0 Å². The Morgan fingerprint density at radius 1 is 1.00 bits per heavy atom. The Balaban J connectivity index is 0. The molecule has 0 saturated heterocycles. The SMILES string of the molecule is IP(I)I.[CsH]. The Labute approximate surface area is 131 Å². The van der Waals surface area contributed by atoms with Gasteiger partial charge in [0.05, 0.1) is 0.849 Å². The summed E-state index contributed by atoms with van der Waals surface area (Å²) in [6.45, 7) is 0. The maximum absolute atomic E-state index is 2.38. The molecule has 0 fully saturated rings. The van der Waals surface area contributed by atoms with Crippen LogP contribution in [-0.4, -0.2) is 68.9 Å². The summed E-state index contributed by atoms with van der Waals surface area (Å²) < 4.78 is 0.290. The molecule has 5 heavy (non-hydrogen) atoms. The van der Waals surface area contributed by atoms with Crippen molar-refractivity contribution in [1.82, 2.24) is 0 Å². The first kappa shape index (κ1) is 12.4. The van der Waals surface area contributed by atoms with Crippen molar-refractivity contribution in [3.05, 3.63) is 0 Å². The van der Waals surface area contributed by atoms with Gasteiger partial charge in [0, 0.05) is 0 Å². The average Bonchev–Trinajstić information content (AvgIpc) is 0.811. The van der Waals surface area contributed by atoms with Gasteiger partial charge in [-0.3, -0.25) is 0 Å². The van der Waals surface area contributed by atoms with Crippen LogP contribution in [0.1, 0.15) is 0 Å². The third kappa shape index (κ3) is 17.7. The van der Waals surface area contributed by atoms with E-state index >= 15 is 0 Å². The van der Waals surface area contributed by atoms with E-state index in [4.69, 9.17) is 0 Å². The molecule has 0 atom stereocenters. The molecule has 0 aromatic rings. The molecule has 0 aliphatic carbocycles. The van der Waals surface area contributed by atoms with Crippen LogP contribution in [-0.2, 0) is 0 Å². The average molecular weight is 546 g/mol.